The van der Waals surface area contributed by atoms with Gasteiger partial charge >= 0.3 is 0 Å². The molecule has 2 heterocycles. The first-order valence-corrected chi connectivity index (χ1v) is 6.77. The molecule has 1 saturated heterocycles. The summed E-state index contributed by atoms with van der Waals surface area (Å²) >= 11 is 0. The van der Waals surface area contributed by atoms with Gasteiger partial charge in [0, 0.05) is 12.7 Å². The lowest BCUT2D eigenvalue weighted by molar-refractivity contribution is 0.266. The van der Waals surface area contributed by atoms with Crippen LogP contribution in [0.3, 0.4) is 0 Å². The summed E-state index contributed by atoms with van der Waals surface area (Å²) in [6, 6.07) is 14.7. The third-order valence-electron chi connectivity index (χ3n) is 3.73. The third-order valence-corrected chi connectivity index (χ3v) is 3.73. The van der Waals surface area contributed by atoms with Crippen molar-refractivity contribution in [1.29, 1.82) is 0 Å². The summed E-state index contributed by atoms with van der Waals surface area (Å²) in [7, 11) is 0. The van der Waals surface area contributed by atoms with Crippen molar-refractivity contribution >= 4 is 5.82 Å². The highest BCUT2D eigenvalue weighted by Gasteiger charge is 2.24. The Bertz CT molecular complexity index is 541. The van der Waals surface area contributed by atoms with E-state index in [9.17, 15) is 5.11 Å². The Labute approximate surface area is 113 Å². The van der Waals surface area contributed by atoms with E-state index in [1.807, 2.05) is 30.5 Å². The molecule has 0 radical (unpaired) electrons. The number of nitrogens with zero attached hydrogens (tertiary/aromatic N) is 2. The molecule has 1 aliphatic heterocycles. The number of aromatic nitrogens is 1. The molecule has 1 unspecified atom stereocenters. The standard InChI is InChI=1S/C16H18N2O/c19-12-15-7-4-10-18(15)16-11-14(8-9-17-16)13-5-2-1-3-6-13/h1-3,5-6,8-9,11,15,19H,4,7,10,12H2. The summed E-state index contributed by atoms with van der Waals surface area (Å²) in [5.74, 6) is 0.970. The molecule has 19 heavy (non-hydrogen) atoms. The maximum atomic E-state index is 9.41. The van der Waals surface area contributed by atoms with Crippen LogP contribution in [0.25, 0.3) is 11.1 Å². The van der Waals surface area contributed by atoms with Crippen LogP contribution in [-0.2, 0) is 0 Å². The minimum absolute atomic E-state index is 0.206. The van der Waals surface area contributed by atoms with E-state index in [1.165, 1.54) is 11.1 Å². The summed E-state index contributed by atoms with van der Waals surface area (Å²) in [4.78, 5) is 6.67. The number of aliphatic hydroxyl groups excluding tert-OH is 1. The molecule has 1 aromatic carbocycles. The van der Waals surface area contributed by atoms with Gasteiger partial charge in [-0.3, -0.25) is 0 Å². The maximum Gasteiger partial charge on any atom is 0.129 e. The zero-order chi connectivity index (χ0) is 13.1. The van der Waals surface area contributed by atoms with E-state index in [-0.39, 0.29) is 12.6 Å². The lowest BCUT2D eigenvalue weighted by Gasteiger charge is -2.24. The summed E-state index contributed by atoms with van der Waals surface area (Å²) in [5.41, 5.74) is 2.38. The minimum Gasteiger partial charge on any atom is -0.394 e. The highest BCUT2D eigenvalue weighted by atomic mass is 16.3. The Morgan fingerprint density at radius 3 is 2.79 bits per heavy atom. The highest BCUT2D eigenvalue weighted by molar-refractivity contribution is 5.66. The van der Waals surface area contributed by atoms with E-state index in [2.05, 4.69) is 28.1 Å². The molecule has 0 bridgehead atoms. The van der Waals surface area contributed by atoms with Gasteiger partial charge in [-0.15, -0.1) is 0 Å². The third kappa shape index (κ3) is 2.47. The smallest absolute Gasteiger partial charge is 0.129 e. The van der Waals surface area contributed by atoms with Gasteiger partial charge in [-0.05, 0) is 36.1 Å². The highest BCUT2D eigenvalue weighted by Crippen LogP contribution is 2.27. The quantitative estimate of drug-likeness (QED) is 0.915. The summed E-state index contributed by atoms with van der Waals surface area (Å²) < 4.78 is 0. The van der Waals surface area contributed by atoms with Crippen molar-refractivity contribution in [2.24, 2.45) is 0 Å². The molecule has 1 atom stereocenters. The van der Waals surface area contributed by atoms with Crippen LogP contribution < -0.4 is 4.90 Å². The molecule has 3 heteroatoms. The molecule has 3 nitrogen and oxygen atoms in total. The number of rotatable bonds is 3. The van der Waals surface area contributed by atoms with Gasteiger partial charge in [0.05, 0.1) is 12.6 Å². The van der Waals surface area contributed by atoms with Crippen molar-refractivity contribution in [2.45, 2.75) is 18.9 Å². The molecule has 0 spiro atoms. The van der Waals surface area contributed by atoms with Gasteiger partial charge < -0.3 is 10.0 Å². The van der Waals surface area contributed by atoms with Crippen LogP contribution in [0.15, 0.2) is 48.7 Å². The van der Waals surface area contributed by atoms with Crippen LogP contribution in [0.4, 0.5) is 5.82 Å². The fraction of sp³-hybridized carbons (Fsp3) is 0.312. The van der Waals surface area contributed by atoms with Crippen LogP contribution in [0.5, 0.6) is 0 Å². The summed E-state index contributed by atoms with van der Waals surface area (Å²) in [6.45, 7) is 1.19. The van der Waals surface area contributed by atoms with E-state index in [1.54, 1.807) is 0 Å². The van der Waals surface area contributed by atoms with Crippen LogP contribution in [-0.4, -0.2) is 29.3 Å². The first kappa shape index (κ1) is 12.2. The van der Waals surface area contributed by atoms with Crippen LogP contribution >= 0.6 is 0 Å². The minimum atomic E-state index is 0.206. The number of benzene rings is 1. The first-order valence-electron chi connectivity index (χ1n) is 6.77. The van der Waals surface area contributed by atoms with Gasteiger partial charge in [-0.2, -0.15) is 0 Å². The number of aliphatic hydroxyl groups is 1. The van der Waals surface area contributed by atoms with Gasteiger partial charge in [0.1, 0.15) is 5.82 Å². The Kier molecular flexibility index (Phi) is 3.47. The zero-order valence-corrected chi connectivity index (χ0v) is 10.9. The molecule has 1 aromatic heterocycles. The van der Waals surface area contributed by atoms with E-state index >= 15 is 0 Å². The molecule has 0 amide bonds. The normalized spacial score (nSPS) is 18.8. The SMILES string of the molecule is OCC1CCCN1c1cc(-c2ccccc2)ccn1. The van der Waals surface area contributed by atoms with Crippen molar-refractivity contribution in [3.8, 4) is 11.1 Å². The first-order chi connectivity index (χ1) is 9.38. The maximum absolute atomic E-state index is 9.41. The molecule has 1 fully saturated rings. The predicted molar refractivity (Wildman–Crippen MR) is 77.1 cm³/mol. The largest absolute Gasteiger partial charge is 0.394 e. The van der Waals surface area contributed by atoms with E-state index < -0.39 is 0 Å². The Balaban J connectivity index is 1.92. The average Bonchev–Trinajstić information content (AvgIpc) is 2.97. The van der Waals surface area contributed by atoms with Gasteiger partial charge in [-0.1, -0.05) is 30.3 Å². The second-order valence-electron chi connectivity index (χ2n) is 4.94. The molecular weight excluding hydrogens is 236 g/mol. The second kappa shape index (κ2) is 5.41. The Morgan fingerprint density at radius 2 is 2.00 bits per heavy atom. The van der Waals surface area contributed by atoms with Crippen molar-refractivity contribution in [2.75, 3.05) is 18.1 Å². The molecule has 98 valence electrons. The Morgan fingerprint density at radius 1 is 1.16 bits per heavy atom. The average molecular weight is 254 g/mol. The lowest BCUT2D eigenvalue weighted by atomic mass is 10.1. The number of hydrogen-bond acceptors (Lipinski definition) is 3. The monoisotopic (exact) mass is 254 g/mol. The predicted octanol–water partition coefficient (Wildman–Crippen LogP) is 2.71. The summed E-state index contributed by atoms with van der Waals surface area (Å²) in [6.07, 6.45) is 4.03. The molecule has 0 aliphatic carbocycles. The fourth-order valence-corrected chi connectivity index (χ4v) is 2.71. The van der Waals surface area contributed by atoms with Crippen LogP contribution in [0.1, 0.15) is 12.8 Å². The van der Waals surface area contributed by atoms with Gasteiger partial charge in [0.15, 0.2) is 0 Å². The van der Waals surface area contributed by atoms with Gasteiger partial charge in [0.2, 0.25) is 0 Å². The number of pyridine rings is 1. The number of hydrogen-bond donors (Lipinski definition) is 1. The number of anilines is 1. The molecule has 0 saturated carbocycles. The van der Waals surface area contributed by atoms with Crippen molar-refractivity contribution in [1.82, 2.24) is 4.98 Å². The van der Waals surface area contributed by atoms with E-state index in [0.29, 0.717) is 0 Å². The zero-order valence-electron chi connectivity index (χ0n) is 10.9. The van der Waals surface area contributed by atoms with Crippen LogP contribution in [0.2, 0.25) is 0 Å². The molecule has 1 N–H and O–H groups in total. The van der Waals surface area contributed by atoms with Gasteiger partial charge in [-0.25, -0.2) is 4.98 Å². The van der Waals surface area contributed by atoms with E-state index in [0.717, 1.165) is 25.2 Å². The molecular formula is C16H18N2O. The lowest BCUT2D eigenvalue weighted by Crippen LogP contribution is -2.32. The second-order valence-corrected chi connectivity index (χ2v) is 4.94. The fourth-order valence-electron chi connectivity index (χ4n) is 2.71. The van der Waals surface area contributed by atoms with Crippen LogP contribution in [0, 0.1) is 0 Å². The van der Waals surface area contributed by atoms with Crippen molar-refractivity contribution < 1.29 is 5.11 Å². The molecule has 2 aromatic rings. The topological polar surface area (TPSA) is 36.4 Å². The van der Waals surface area contributed by atoms with Crippen molar-refractivity contribution in [3.05, 3.63) is 48.7 Å². The van der Waals surface area contributed by atoms with Gasteiger partial charge in [0.25, 0.3) is 0 Å². The summed E-state index contributed by atoms with van der Waals surface area (Å²) in [5, 5.41) is 9.41. The molecule has 3 rings (SSSR count). The molecule has 1 aliphatic rings. The van der Waals surface area contributed by atoms with Crippen molar-refractivity contribution in [3.63, 3.8) is 0 Å². The van der Waals surface area contributed by atoms with E-state index in [4.69, 9.17) is 0 Å². The Hall–Kier alpha value is -1.87.